The van der Waals surface area contributed by atoms with Crippen molar-refractivity contribution >= 4 is 17.4 Å². The van der Waals surface area contributed by atoms with Gasteiger partial charge in [0.2, 0.25) is 0 Å². The van der Waals surface area contributed by atoms with Crippen molar-refractivity contribution in [2.45, 2.75) is 18.9 Å². The van der Waals surface area contributed by atoms with Gasteiger partial charge in [-0.25, -0.2) is 0 Å². The number of nitrogens with one attached hydrogen (secondary N) is 3. The van der Waals surface area contributed by atoms with Gasteiger partial charge in [-0.2, -0.15) is 0 Å². The molecule has 1 amide bonds. The van der Waals surface area contributed by atoms with E-state index in [0.29, 0.717) is 23.3 Å². The van der Waals surface area contributed by atoms with Gasteiger partial charge in [0, 0.05) is 23.5 Å². The molecule has 0 bridgehead atoms. The summed E-state index contributed by atoms with van der Waals surface area (Å²) in [6.07, 6.45) is 3.87. The first-order valence-electron chi connectivity index (χ1n) is 8.97. The van der Waals surface area contributed by atoms with E-state index < -0.39 is 0 Å². The van der Waals surface area contributed by atoms with Crippen molar-refractivity contribution in [1.29, 1.82) is 5.41 Å². The van der Waals surface area contributed by atoms with Crippen molar-refractivity contribution in [3.8, 4) is 11.1 Å². The van der Waals surface area contributed by atoms with Gasteiger partial charge < -0.3 is 10.6 Å². The fourth-order valence-corrected chi connectivity index (χ4v) is 2.83. The standard InChI is InChI=1S/C22H20N4O/c23-21(25-18-9-10-18)17-7-4-8-19(13-17)26-22(27)20-14-16(11-12-24-20)15-5-2-1-3-6-15/h1-8,11-14,18H,9-10H2,(H2,23,25)(H,26,27). The van der Waals surface area contributed by atoms with E-state index in [-0.39, 0.29) is 5.91 Å². The van der Waals surface area contributed by atoms with E-state index >= 15 is 0 Å². The third kappa shape index (κ3) is 4.20. The minimum atomic E-state index is -0.272. The van der Waals surface area contributed by atoms with Crippen molar-refractivity contribution in [2.24, 2.45) is 0 Å². The molecule has 1 aromatic heterocycles. The Bertz CT molecular complexity index is 980. The molecule has 27 heavy (non-hydrogen) atoms. The molecule has 3 N–H and O–H groups in total. The lowest BCUT2D eigenvalue weighted by atomic mass is 10.1. The second kappa shape index (κ2) is 7.41. The molecule has 5 heteroatoms. The number of hydrogen-bond donors (Lipinski definition) is 3. The summed E-state index contributed by atoms with van der Waals surface area (Å²) in [5.41, 5.74) is 3.74. The fourth-order valence-electron chi connectivity index (χ4n) is 2.83. The first kappa shape index (κ1) is 17.0. The highest BCUT2D eigenvalue weighted by molar-refractivity contribution is 6.04. The fraction of sp³-hybridized carbons (Fsp3) is 0.136. The number of anilines is 1. The highest BCUT2D eigenvalue weighted by Gasteiger charge is 2.22. The van der Waals surface area contributed by atoms with Gasteiger partial charge in [0.1, 0.15) is 11.5 Å². The molecule has 0 aliphatic heterocycles. The van der Waals surface area contributed by atoms with Gasteiger partial charge in [-0.15, -0.1) is 0 Å². The number of nitrogens with zero attached hydrogens (tertiary/aromatic N) is 1. The lowest BCUT2D eigenvalue weighted by Gasteiger charge is -2.10. The number of carbonyl (C=O) groups excluding carboxylic acids is 1. The summed E-state index contributed by atoms with van der Waals surface area (Å²) in [6, 6.07) is 21.3. The van der Waals surface area contributed by atoms with Gasteiger partial charge in [-0.3, -0.25) is 15.2 Å². The average molecular weight is 356 g/mol. The van der Waals surface area contributed by atoms with E-state index in [1.165, 1.54) is 0 Å². The zero-order valence-electron chi connectivity index (χ0n) is 14.8. The average Bonchev–Trinajstić information content (AvgIpc) is 3.53. The maximum absolute atomic E-state index is 12.6. The Balaban J connectivity index is 1.50. The summed E-state index contributed by atoms with van der Waals surface area (Å²) in [5.74, 6) is 0.115. The Morgan fingerprint density at radius 2 is 1.78 bits per heavy atom. The Kier molecular flexibility index (Phi) is 4.66. The SMILES string of the molecule is N=C(NC1CC1)c1cccc(NC(=O)c2cc(-c3ccccc3)ccn2)c1. The Morgan fingerprint density at radius 3 is 2.56 bits per heavy atom. The summed E-state index contributed by atoms with van der Waals surface area (Å²) < 4.78 is 0. The van der Waals surface area contributed by atoms with Crippen molar-refractivity contribution in [1.82, 2.24) is 10.3 Å². The van der Waals surface area contributed by atoms with Crippen LogP contribution < -0.4 is 10.6 Å². The predicted molar refractivity (Wildman–Crippen MR) is 107 cm³/mol. The monoisotopic (exact) mass is 356 g/mol. The maximum atomic E-state index is 12.6. The van der Waals surface area contributed by atoms with Crippen molar-refractivity contribution in [3.63, 3.8) is 0 Å². The van der Waals surface area contributed by atoms with Crippen LogP contribution in [0.3, 0.4) is 0 Å². The molecule has 5 nitrogen and oxygen atoms in total. The number of hydrogen-bond acceptors (Lipinski definition) is 3. The van der Waals surface area contributed by atoms with Crippen LogP contribution >= 0.6 is 0 Å². The molecule has 1 saturated carbocycles. The highest BCUT2D eigenvalue weighted by Crippen LogP contribution is 2.21. The Hall–Kier alpha value is -3.47. The van der Waals surface area contributed by atoms with Crippen molar-refractivity contribution in [3.05, 3.63) is 84.2 Å². The number of rotatable bonds is 5. The number of pyridine rings is 1. The van der Waals surface area contributed by atoms with Crippen LogP contribution in [0.5, 0.6) is 0 Å². The second-order valence-electron chi connectivity index (χ2n) is 6.62. The summed E-state index contributed by atoms with van der Waals surface area (Å²) in [6.45, 7) is 0. The summed E-state index contributed by atoms with van der Waals surface area (Å²) in [7, 11) is 0. The van der Waals surface area contributed by atoms with Gasteiger partial charge in [0.15, 0.2) is 0 Å². The number of carbonyl (C=O) groups is 1. The molecule has 1 aliphatic rings. The lowest BCUT2D eigenvalue weighted by Crippen LogP contribution is -2.25. The third-order valence-electron chi connectivity index (χ3n) is 4.43. The molecule has 4 rings (SSSR count). The number of amidine groups is 1. The minimum Gasteiger partial charge on any atom is -0.367 e. The van der Waals surface area contributed by atoms with E-state index in [9.17, 15) is 4.79 Å². The molecule has 2 aromatic carbocycles. The molecule has 0 radical (unpaired) electrons. The van der Waals surface area contributed by atoms with Crippen LogP contribution in [-0.2, 0) is 0 Å². The van der Waals surface area contributed by atoms with E-state index in [1.54, 1.807) is 18.3 Å². The van der Waals surface area contributed by atoms with Crippen molar-refractivity contribution in [2.75, 3.05) is 5.32 Å². The lowest BCUT2D eigenvalue weighted by molar-refractivity contribution is 0.102. The Labute approximate surface area is 158 Å². The molecule has 3 aromatic rings. The van der Waals surface area contributed by atoms with Gasteiger partial charge in [0.25, 0.3) is 5.91 Å². The van der Waals surface area contributed by atoms with Crippen LogP contribution in [0.1, 0.15) is 28.9 Å². The first-order valence-corrected chi connectivity index (χ1v) is 8.97. The van der Waals surface area contributed by atoms with E-state index in [0.717, 1.165) is 29.5 Å². The second-order valence-corrected chi connectivity index (χ2v) is 6.62. The Morgan fingerprint density at radius 1 is 0.963 bits per heavy atom. The summed E-state index contributed by atoms with van der Waals surface area (Å²) in [4.78, 5) is 16.8. The van der Waals surface area contributed by atoms with E-state index in [1.807, 2.05) is 54.6 Å². The molecular formula is C22H20N4O. The van der Waals surface area contributed by atoms with Gasteiger partial charge >= 0.3 is 0 Å². The largest absolute Gasteiger partial charge is 0.367 e. The number of benzene rings is 2. The van der Waals surface area contributed by atoms with Crippen LogP contribution in [-0.4, -0.2) is 22.8 Å². The van der Waals surface area contributed by atoms with Crippen LogP contribution in [0.25, 0.3) is 11.1 Å². The summed E-state index contributed by atoms with van der Waals surface area (Å²) >= 11 is 0. The molecule has 1 aliphatic carbocycles. The highest BCUT2D eigenvalue weighted by atomic mass is 16.1. The predicted octanol–water partition coefficient (Wildman–Crippen LogP) is 4.08. The minimum absolute atomic E-state index is 0.272. The van der Waals surface area contributed by atoms with Crippen LogP contribution in [0.4, 0.5) is 5.69 Å². The number of aromatic nitrogens is 1. The van der Waals surface area contributed by atoms with Crippen LogP contribution in [0.15, 0.2) is 72.9 Å². The normalized spacial score (nSPS) is 13.0. The van der Waals surface area contributed by atoms with Crippen molar-refractivity contribution < 1.29 is 4.79 Å². The topological polar surface area (TPSA) is 77.9 Å². The van der Waals surface area contributed by atoms with Crippen LogP contribution in [0.2, 0.25) is 0 Å². The molecule has 1 heterocycles. The van der Waals surface area contributed by atoms with Crippen LogP contribution in [0, 0.1) is 5.41 Å². The quantitative estimate of drug-likeness (QED) is 0.476. The van der Waals surface area contributed by atoms with Gasteiger partial charge in [-0.05, 0) is 48.2 Å². The first-order chi connectivity index (χ1) is 13.2. The molecule has 0 spiro atoms. The zero-order chi connectivity index (χ0) is 18.6. The smallest absolute Gasteiger partial charge is 0.274 e. The van der Waals surface area contributed by atoms with Gasteiger partial charge in [-0.1, -0.05) is 42.5 Å². The molecule has 0 atom stereocenters. The molecule has 1 fully saturated rings. The maximum Gasteiger partial charge on any atom is 0.274 e. The molecular weight excluding hydrogens is 336 g/mol. The molecule has 0 unspecified atom stereocenters. The third-order valence-corrected chi connectivity index (χ3v) is 4.43. The molecule has 134 valence electrons. The summed E-state index contributed by atoms with van der Waals surface area (Å²) in [5, 5.41) is 14.2. The number of amides is 1. The van der Waals surface area contributed by atoms with E-state index in [4.69, 9.17) is 5.41 Å². The zero-order valence-corrected chi connectivity index (χ0v) is 14.8. The molecule has 0 saturated heterocycles. The van der Waals surface area contributed by atoms with E-state index in [2.05, 4.69) is 15.6 Å². The van der Waals surface area contributed by atoms with Gasteiger partial charge in [0.05, 0.1) is 0 Å².